The van der Waals surface area contributed by atoms with Crippen LogP contribution in [-0.4, -0.2) is 43.4 Å². The number of hydrogen-bond acceptors (Lipinski definition) is 3. The Morgan fingerprint density at radius 2 is 2.04 bits per heavy atom. The molecule has 2 heterocycles. The molecule has 1 aliphatic rings. The molecule has 0 bridgehead atoms. The number of likely N-dealkylation sites (tertiary alicyclic amines) is 1. The first-order valence-corrected chi connectivity index (χ1v) is 10.0. The first kappa shape index (κ1) is 20.0. The van der Waals surface area contributed by atoms with Crippen molar-refractivity contribution in [3.8, 4) is 0 Å². The number of aliphatic imine (C=N–C) groups is 1. The van der Waals surface area contributed by atoms with Gasteiger partial charge in [-0.25, -0.2) is 0 Å². The molecule has 0 spiro atoms. The summed E-state index contributed by atoms with van der Waals surface area (Å²) < 4.78 is 5.23. The third-order valence-corrected chi connectivity index (χ3v) is 5.44. The lowest BCUT2D eigenvalue weighted by Gasteiger charge is -2.40. The van der Waals surface area contributed by atoms with Gasteiger partial charge < -0.3 is 20.0 Å². The standard InChI is InChI=1S/C22H30N4O2/c1-3-17-16-26(12-11-20(17)18-8-5-4-6-9-18)22(23-2)25-15-21(27)24-14-19-10-7-13-28-19/h4-10,13,17,20H,3,11-12,14-16H2,1-2H3,(H,23,25)(H,24,27). The molecule has 2 N–H and O–H groups in total. The number of benzene rings is 1. The highest BCUT2D eigenvalue weighted by Crippen LogP contribution is 2.34. The fraction of sp³-hybridized carbons (Fsp3) is 0.455. The van der Waals surface area contributed by atoms with Gasteiger partial charge in [0.2, 0.25) is 5.91 Å². The molecule has 2 atom stereocenters. The number of rotatable bonds is 6. The van der Waals surface area contributed by atoms with Gasteiger partial charge in [-0.05, 0) is 36.0 Å². The van der Waals surface area contributed by atoms with Crippen LogP contribution in [0.1, 0.15) is 37.0 Å². The van der Waals surface area contributed by atoms with E-state index in [1.165, 1.54) is 5.56 Å². The van der Waals surface area contributed by atoms with E-state index >= 15 is 0 Å². The van der Waals surface area contributed by atoms with Gasteiger partial charge in [0, 0.05) is 20.1 Å². The number of furan rings is 1. The smallest absolute Gasteiger partial charge is 0.239 e. The summed E-state index contributed by atoms with van der Waals surface area (Å²) in [6, 6.07) is 14.4. The van der Waals surface area contributed by atoms with E-state index in [9.17, 15) is 4.79 Å². The van der Waals surface area contributed by atoms with Crippen molar-refractivity contribution >= 4 is 11.9 Å². The lowest BCUT2D eigenvalue weighted by molar-refractivity contribution is -0.120. The fourth-order valence-corrected chi connectivity index (χ4v) is 3.93. The van der Waals surface area contributed by atoms with Crippen LogP contribution in [0, 0.1) is 5.92 Å². The minimum atomic E-state index is -0.0798. The van der Waals surface area contributed by atoms with Crippen LogP contribution in [0.15, 0.2) is 58.1 Å². The number of amides is 1. The third-order valence-electron chi connectivity index (χ3n) is 5.44. The zero-order valence-corrected chi connectivity index (χ0v) is 16.7. The minimum absolute atomic E-state index is 0.0798. The van der Waals surface area contributed by atoms with Gasteiger partial charge in [0.05, 0.1) is 19.4 Å². The van der Waals surface area contributed by atoms with Crippen molar-refractivity contribution in [1.29, 1.82) is 0 Å². The van der Waals surface area contributed by atoms with Gasteiger partial charge in [0.15, 0.2) is 5.96 Å². The second kappa shape index (κ2) is 9.97. The van der Waals surface area contributed by atoms with Gasteiger partial charge in [0.25, 0.3) is 0 Å². The molecule has 2 unspecified atom stereocenters. The zero-order chi connectivity index (χ0) is 19.8. The summed E-state index contributed by atoms with van der Waals surface area (Å²) in [6.45, 7) is 4.73. The van der Waals surface area contributed by atoms with Gasteiger partial charge in [-0.2, -0.15) is 0 Å². The van der Waals surface area contributed by atoms with Crippen molar-refractivity contribution in [3.05, 3.63) is 60.1 Å². The first-order valence-electron chi connectivity index (χ1n) is 10.0. The zero-order valence-electron chi connectivity index (χ0n) is 16.7. The Labute approximate surface area is 167 Å². The Hall–Kier alpha value is -2.76. The number of piperidine rings is 1. The number of carbonyl (C=O) groups is 1. The van der Waals surface area contributed by atoms with E-state index in [4.69, 9.17) is 4.42 Å². The van der Waals surface area contributed by atoms with Gasteiger partial charge in [-0.15, -0.1) is 0 Å². The predicted molar refractivity (Wildman–Crippen MR) is 111 cm³/mol. The maximum atomic E-state index is 12.1. The van der Waals surface area contributed by atoms with E-state index in [1.54, 1.807) is 13.3 Å². The average Bonchev–Trinajstić information content (AvgIpc) is 3.27. The van der Waals surface area contributed by atoms with Crippen LogP contribution in [0.2, 0.25) is 0 Å². The Bertz CT molecular complexity index is 758. The Balaban J connectivity index is 1.51. The predicted octanol–water partition coefficient (Wildman–Crippen LogP) is 2.99. The van der Waals surface area contributed by atoms with Crippen molar-refractivity contribution in [2.24, 2.45) is 10.9 Å². The molecule has 150 valence electrons. The summed E-state index contributed by atoms with van der Waals surface area (Å²) in [5.41, 5.74) is 1.43. The summed E-state index contributed by atoms with van der Waals surface area (Å²) >= 11 is 0. The van der Waals surface area contributed by atoms with Crippen molar-refractivity contribution < 1.29 is 9.21 Å². The summed E-state index contributed by atoms with van der Waals surface area (Å²) in [6.07, 6.45) is 3.81. The van der Waals surface area contributed by atoms with Crippen LogP contribution >= 0.6 is 0 Å². The number of nitrogens with one attached hydrogen (secondary N) is 2. The number of carbonyl (C=O) groups excluding carboxylic acids is 1. The van der Waals surface area contributed by atoms with E-state index in [1.807, 2.05) is 12.1 Å². The normalized spacial score (nSPS) is 20.1. The van der Waals surface area contributed by atoms with Gasteiger partial charge in [-0.3, -0.25) is 9.79 Å². The summed E-state index contributed by atoms with van der Waals surface area (Å²) in [5, 5.41) is 6.05. The topological polar surface area (TPSA) is 69.9 Å². The van der Waals surface area contributed by atoms with E-state index < -0.39 is 0 Å². The largest absolute Gasteiger partial charge is 0.467 e. The molecule has 1 aromatic carbocycles. The van der Waals surface area contributed by atoms with Crippen LogP contribution in [0.25, 0.3) is 0 Å². The van der Waals surface area contributed by atoms with Crippen LogP contribution in [-0.2, 0) is 11.3 Å². The maximum Gasteiger partial charge on any atom is 0.239 e. The molecule has 1 saturated heterocycles. The fourth-order valence-electron chi connectivity index (χ4n) is 3.93. The molecule has 0 radical (unpaired) electrons. The molecule has 28 heavy (non-hydrogen) atoms. The van der Waals surface area contributed by atoms with E-state index in [0.717, 1.165) is 37.7 Å². The molecular weight excluding hydrogens is 352 g/mol. The summed E-state index contributed by atoms with van der Waals surface area (Å²) in [5.74, 6) is 2.60. The van der Waals surface area contributed by atoms with Gasteiger partial charge >= 0.3 is 0 Å². The number of guanidine groups is 1. The summed E-state index contributed by atoms with van der Waals surface area (Å²) in [4.78, 5) is 18.8. The number of nitrogens with zero attached hydrogens (tertiary/aromatic N) is 2. The SMILES string of the molecule is CCC1CN(C(=NC)NCC(=O)NCc2ccco2)CCC1c1ccccc1. The highest BCUT2D eigenvalue weighted by Gasteiger charge is 2.30. The second-order valence-corrected chi connectivity index (χ2v) is 7.18. The van der Waals surface area contributed by atoms with Gasteiger partial charge in [0.1, 0.15) is 5.76 Å². The molecule has 0 saturated carbocycles. The van der Waals surface area contributed by atoms with E-state index in [0.29, 0.717) is 18.4 Å². The maximum absolute atomic E-state index is 12.1. The lowest BCUT2D eigenvalue weighted by atomic mass is 9.79. The molecule has 1 fully saturated rings. The van der Waals surface area contributed by atoms with Crippen LogP contribution < -0.4 is 10.6 Å². The van der Waals surface area contributed by atoms with E-state index in [-0.39, 0.29) is 12.5 Å². The van der Waals surface area contributed by atoms with Crippen molar-refractivity contribution in [1.82, 2.24) is 15.5 Å². The van der Waals surface area contributed by atoms with E-state index in [2.05, 4.69) is 57.8 Å². The van der Waals surface area contributed by atoms with Gasteiger partial charge in [-0.1, -0.05) is 43.7 Å². The number of hydrogen-bond donors (Lipinski definition) is 2. The van der Waals surface area contributed by atoms with Crippen LogP contribution in [0.4, 0.5) is 0 Å². The molecule has 1 aromatic heterocycles. The molecule has 0 aliphatic carbocycles. The highest BCUT2D eigenvalue weighted by atomic mass is 16.3. The Kier molecular flexibility index (Phi) is 7.12. The Morgan fingerprint density at radius 1 is 1.21 bits per heavy atom. The highest BCUT2D eigenvalue weighted by molar-refractivity contribution is 5.86. The van der Waals surface area contributed by atoms with Crippen molar-refractivity contribution in [2.45, 2.75) is 32.2 Å². The monoisotopic (exact) mass is 382 g/mol. The van der Waals surface area contributed by atoms with Crippen molar-refractivity contribution in [2.75, 3.05) is 26.7 Å². The Morgan fingerprint density at radius 3 is 2.71 bits per heavy atom. The first-order chi connectivity index (χ1) is 13.7. The summed E-state index contributed by atoms with van der Waals surface area (Å²) in [7, 11) is 1.77. The van der Waals surface area contributed by atoms with Crippen LogP contribution in [0.3, 0.4) is 0 Å². The minimum Gasteiger partial charge on any atom is -0.467 e. The quantitative estimate of drug-likeness (QED) is 0.595. The third kappa shape index (κ3) is 5.15. The molecule has 6 nitrogen and oxygen atoms in total. The van der Waals surface area contributed by atoms with Crippen LogP contribution in [0.5, 0.6) is 0 Å². The molecule has 6 heteroatoms. The second-order valence-electron chi connectivity index (χ2n) is 7.18. The molecular formula is C22H30N4O2. The van der Waals surface area contributed by atoms with Crippen molar-refractivity contribution in [3.63, 3.8) is 0 Å². The molecule has 3 rings (SSSR count). The molecule has 2 aromatic rings. The lowest BCUT2D eigenvalue weighted by Crippen LogP contribution is -2.50. The average molecular weight is 383 g/mol. The molecule has 1 aliphatic heterocycles. The molecule has 1 amide bonds.